The van der Waals surface area contributed by atoms with Crippen molar-refractivity contribution in [3.05, 3.63) is 55.8 Å². The molecule has 0 atom stereocenters. The molecule has 31 heavy (non-hydrogen) atoms. The number of rotatable bonds is 5. The monoisotopic (exact) mass is 440 g/mol. The van der Waals surface area contributed by atoms with E-state index in [0.717, 1.165) is 43.3 Å². The molecule has 0 saturated carbocycles. The number of amides is 1. The molecule has 5 heterocycles. The van der Waals surface area contributed by atoms with Gasteiger partial charge >= 0.3 is 5.69 Å². The second-order valence-electron chi connectivity index (χ2n) is 8.42. The Labute approximate surface area is 182 Å². The Hall–Kier alpha value is -2.98. The van der Waals surface area contributed by atoms with Crippen LogP contribution in [-0.4, -0.2) is 58.6 Å². The smallest absolute Gasteiger partial charge is 0.329 e. The third-order valence-corrected chi connectivity index (χ3v) is 7.20. The van der Waals surface area contributed by atoms with Crippen molar-refractivity contribution < 1.29 is 4.79 Å². The number of carbonyl (C=O) groups is 1. The Morgan fingerprint density at radius 3 is 2.68 bits per heavy atom. The molecule has 9 nitrogen and oxygen atoms in total. The van der Waals surface area contributed by atoms with Gasteiger partial charge in [-0.3, -0.25) is 24.0 Å². The van der Waals surface area contributed by atoms with Crippen LogP contribution in [-0.2, 0) is 13.1 Å². The van der Waals surface area contributed by atoms with E-state index in [1.807, 2.05) is 12.1 Å². The zero-order valence-corrected chi connectivity index (χ0v) is 18.3. The van der Waals surface area contributed by atoms with Crippen LogP contribution >= 0.6 is 11.3 Å². The number of nitrogens with one attached hydrogen (secondary N) is 2. The van der Waals surface area contributed by atoms with Gasteiger partial charge < -0.3 is 10.2 Å². The number of aromatic nitrogens is 3. The molecular formula is C21H24N6O3S. The lowest BCUT2D eigenvalue weighted by Gasteiger charge is -2.61. The Morgan fingerprint density at radius 1 is 1.26 bits per heavy atom. The fourth-order valence-electron chi connectivity index (χ4n) is 4.68. The van der Waals surface area contributed by atoms with E-state index in [-0.39, 0.29) is 17.2 Å². The van der Waals surface area contributed by atoms with E-state index < -0.39 is 0 Å². The first-order valence-electron chi connectivity index (χ1n) is 10.3. The zero-order valence-electron chi connectivity index (χ0n) is 17.5. The molecular weight excluding hydrogens is 416 g/mol. The van der Waals surface area contributed by atoms with Crippen molar-refractivity contribution in [2.24, 2.45) is 5.41 Å². The van der Waals surface area contributed by atoms with Gasteiger partial charge in [-0.15, -0.1) is 11.3 Å². The average Bonchev–Trinajstić information content (AvgIpc) is 3.11. The molecule has 162 valence electrons. The van der Waals surface area contributed by atoms with Crippen LogP contribution < -0.4 is 21.5 Å². The number of likely N-dealkylation sites (tertiary alicyclic amines) is 1. The molecule has 2 N–H and O–H groups in total. The van der Waals surface area contributed by atoms with Gasteiger partial charge in [0.2, 0.25) is 0 Å². The van der Waals surface area contributed by atoms with Crippen LogP contribution in [0.4, 0.5) is 5.69 Å². The van der Waals surface area contributed by atoms with Gasteiger partial charge in [-0.1, -0.05) is 0 Å². The number of hydrogen-bond donors (Lipinski definition) is 2. The SMILES string of the molecule is CCn1c(=O)[nH]c2sc(CN3CC4(C3)CN(c3ccc(C(=O)NC)nc3)C4)cc2c1=O. The van der Waals surface area contributed by atoms with Gasteiger partial charge in [0, 0.05) is 56.6 Å². The lowest BCUT2D eigenvalue weighted by molar-refractivity contribution is -0.0267. The maximum Gasteiger partial charge on any atom is 0.329 e. The highest BCUT2D eigenvalue weighted by Crippen LogP contribution is 2.42. The van der Waals surface area contributed by atoms with E-state index in [1.54, 1.807) is 26.2 Å². The van der Waals surface area contributed by atoms with Crippen LogP contribution in [0.1, 0.15) is 22.3 Å². The minimum absolute atomic E-state index is 0.180. The van der Waals surface area contributed by atoms with E-state index >= 15 is 0 Å². The van der Waals surface area contributed by atoms with Gasteiger partial charge in [-0.25, -0.2) is 9.78 Å². The highest BCUT2D eigenvalue weighted by Gasteiger charge is 2.51. The van der Waals surface area contributed by atoms with Crippen molar-refractivity contribution in [1.29, 1.82) is 0 Å². The Kier molecular flexibility index (Phi) is 4.71. The van der Waals surface area contributed by atoms with Crippen molar-refractivity contribution in [1.82, 2.24) is 24.8 Å². The van der Waals surface area contributed by atoms with E-state index in [2.05, 4.69) is 25.1 Å². The third kappa shape index (κ3) is 3.35. The van der Waals surface area contributed by atoms with Crippen molar-refractivity contribution in [2.45, 2.75) is 20.0 Å². The summed E-state index contributed by atoms with van der Waals surface area (Å²) in [7, 11) is 1.60. The van der Waals surface area contributed by atoms with Gasteiger partial charge in [-0.05, 0) is 25.1 Å². The molecule has 2 fully saturated rings. The number of anilines is 1. The quantitative estimate of drug-likeness (QED) is 0.610. The standard InChI is InChI=1S/C21H24N6O3S/c1-3-27-19(29)15-6-14(31-18(15)24-20(27)30)8-25-9-21(10-25)11-26(12-21)13-4-5-16(23-7-13)17(28)22-2/h4-7H,3,8-12H2,1-2H3,(H,22,28)(H,24,30). The highest BCUT2D eigenvalue weighted by molar-refractivity contribution is 7.18. The molecule has 2 aliphatic rings. The fraction of sp³-hybridized carbons (Fsp3) is 0.429. The Bertz CT molecular complexity index is 1260. The predicted molar refractivity (Wildman–Crippen MR) is 120 cm³/mol. The molecule has 0 bridgehead atoms. The van der Waals surface area contributed by atoms with Crippen molar-refractivity contribution in [3.8, 4) is 0 Å². The molecule has 2 saturated heterocycles. The van der Waals surface area contributed by atoms with Gasteiger partial charge in [-0.2, -0.15) is 0 Å². The molecule has 0 unspecified atom stereocenters. The minimum Gasteiger partial charge on any atom is -0.369 e. The Morgan fingerprint density at radius 2 is 2.03 bits per heavy atom. The summed E-state index contributed by atoms with van der Waals surface area (Å²) in [5.74, 6) is -0.180. The predicted octanol–water partition coefficient (Wildman–Crippen LogP) is 0.848. The van der Waals surface area contributed by atoms with Crippen LogP contribution in [0.3, 0.4) is 0 Å². The summed E-state index contributed by atoms with van der Waals surface area (Å²) < 4.78 is 1.23. The molecule has 1 spiro atoms. The number of thiophene rings is 1. The maximum atomic E-state index is 12.5. The summed E-state index contributed by atoms with van der Waals surface area (Å²) in [5, 5.41) is 3.17. The summed E-state index contributed by atoms with van der Waals surface area (Å²) in [5.41, 5.74) is 1.21. The number of aromatic amines is 1. The van der Waals surface area contributed by atoms with Gasteiger partial charge in [0.05, 0.1) is 17.3 Å². The summed E-state index contributed by atoms with van der Waals surface area (Å²) in [6.07, 6.45) is 1.76. The summed E-state index contributed by atoms with van der Waals surface area (Å²) >= 11 is 1.49. The lowest BCUT2D eigenvalue weighted by Crippen LogP contribution is -2.71. The number of nitrogens with zero attached hydrogens (tertiary/aromatic N) is 4. The first kappa shape index (κ1) is 20.0. The molecule has 5 rings (SSSR count). The van der Waals surface area contributed by atoms with Gasteiger partial charge in [0.15, 0.2) is 0 Å². The summed E-state index contributed by atoms with van der Waals surface area (Å²) in [4.78, 5) is 49.6. The Balaban J connectivity index is 1.20. The van der Waals surface area contributed by atoms with Crippen molar-refractivity contribution >= 4 is 33.1 Å². The van der Waals surface area contributed by atoms with E-state index in [1.165, 1.54) is 15.9 Å². The first-order chi connectivity index (χ1) is 14.9. The number of fused-ring (bicyclic) bond motifs is 1. The van der Waals surface area contributed by atoms with Gasteiger partial charge in [0.25, 0.3) is 11.5 Å². The second kappa shape index (κ2) is 7.31. The highest BCUT2D eigenvalue weighted by atomic mass is 32.1. The maximum absolute atomic E-state index is 12.5. The summed E-state index contributed by atoms with van der Waals surface area (Å²) in [6, 6.07) is 5.62. The largest absolute Gasteiger partial charge is 0.369 e. The van der Waals surface area contributed by atoms with Crippen LogP contribution in [0.2, 0.25) is 0 Å². The summed E-state index contributed by atoms with van der Waals surface area (Å²) in [6.45, 7) is 6.93. The molecule has 3 aromatic rings. The normalized spacial score (nSPS) is 17.5. The van der Waals surface area contributed by atoms with Crippen LogP contribution in [0, 0.1) is 5.41 Å². The van der Waals surface area contributed by atoms with Gasteiger partial charge in [0.1, 0.15) is 10.5 Å². The van der Waals surface area contributed by atoms with Crippen LogP contribution in [0.25, 0.3) is 10.2 Å². The van der Waals surface area contributed by atoms with E-state index in [0.29, 0.717) is 27.9 Å². The number of H-pyrrole nitrogens is 1. The zero-order chi connectivity index (χ0) is 21.8. The molecule has 0 radical (unpaired) electrons. The third-order valence-electron chi connectivity index (χ3n) is 6.16. The lowest BCUT2D eigenvalue weighted by atomic mass is 9.72. The molecule has 0 aliphatic carbocycles. The molecule has 0 aromatic carbocycles. The second-order valence-corrected chi connectivity index (χ2v) is 9.55. The first-order valence-corrected chi connectivity index (χ1v) is 11.1. The number of carbonyl (C=O) groups excluding carboxylic acids is 1. The number of hydrogen-bond acceptors (Lipinski definition) is 7. The minimum atomic E-state index is -0.344. The molecule has 1 amide bonds. The van der Waals surface area contributed by atoms with Crippen molar-refractivity contribution in [3.63, 3.8) is 0 Å². The average molecular weight is 441 g/mol. The molecule has 10 heteroatoms. The van der Waals surface area contributed by atoms with E-state index in [4.69, 9.17) is 0 Å². The fourth-order valence-corrected chi connectivity index (χ4v) is 5.76. The molecule has 2 aliphatic heterocycles. The van der Waals surface area contributed by atoms with Crippen LogP contribution in [0.5, 0.6) is 0 Å². The van der Waals surface area contributed by atoms with E-state index in [9.17, 15) is 14.4 Å². The van der Waals surface area contributed by atoms with Crippen LogP contribution in [0.15, 0.2) is 34.0 Å². The van der Waals surface area contributed by atoms with Crippen molar-refractivity contribution in [2.75, 3.05) is 38.1 Å². The topological polar surface area (TPSA) is 103 Å². The molecule has 3 aromatic heterocycles. The number of pyridine rings is 1.